The van der Waals surface area contributed by atoms with Crippen LogP contribution in [0.5, 0.6) is 0 Å². The lowest BCUT2D eigenvalue weighted by Crippen LogP contribution is -2.56. The minimum Gasteiger partial charge on any atom is -0.353 e. The summed E-state index contributed by atoms with van der Waals surface area (Å²) in [5.41, 5.74) is 12.0. The molecule has 0 bridgehead atoms. The van der Waals surface area contributed by atoms with E-state index in [4.69, 9.17) is 10.7 Å². The average molecular weight is 478 g/mol. The first-order chi connectivity index (χ1) is 17.6. The summed E-state index contributed by atoms with van der Waals surface area (Å²) in [6, 6.07) is 12.5. The minimum atomic E-state index is -0.303. The number of aromatic nitrogens is 7. The van der Waals surface area contributed by atoms with Gasteiger partial charge in [-0.1, -0.05) is 12.1 Å². The van der Waals surface area contributed by atoms with Crippen molar-refractivity contribution in [3.05, 3.63) is 73.1 Å². The predicted octanol–water partition coefficient (Wildman–Crippen LogP) is 3.91. The maximum absolute atomic E-state index is 13.9. The topological polar surface area (TPSA) is 125 Å². The third-order valence-corrected chi connectivity index (χ3v) is 6.47. The number of pyridine rings is 2. The van der Waals surface area contributed by atoms with Gasteiger partial charge in [-0.3, -0.25) is 15.1 Å². The molecule has 0 radical (unpaired) electrons. The number of rotatable bonds is 4. The lowest BCUT2D eigenvalue weighted by Gasteiger charge is -2.37. The Morgan fingerprint density at radius 3 is 2.72 bits per heavy atom. The molecule has 1 aromatic carbocycles. The molecule has 4 N–H and O–H groups in total. The van der Waals surface area contributed by atoms with E-state index in [1.807, 2.05) is 24.3 Å². The quantitative estimate of drug-likeness (QED) is 0.351. The highest BCUT2D eigenvalue weighted by Crippen LogP contribution is 2.34. The molecule has 0 unspecified atom stereocenters. The number of nitrogens with two attached hydrogens (primary N) is 1. The number of anilines is 1. The zero-order valence-electron chi connectivity index (χ0n) is 19.0. The van der Waals surface area contributed by atoms with E-state index < -0.39 is 0 Å². The van der Waals surface area contributed by atoms with E-state index in [9.17, 15) is 4.39 Å². The number of fused-ring (bicyclic) bond motifs is 2. The molecule has 9 nitrogen and oxygen atoms in total. The van der Waals surface area contributed by atoms with Crippen molar-refractivity contribution in [2.45, 2.75) is 6.04 Å². The van der Waals surface area contributed by atoms with Crippen LogP contribution >= 0.6 is 0 Å². The van der Waals surface area contributed by atoms with E-state index >= 15 is 0 Å². The number of aromatic amines is 2. The average Bonchev–Trinajstić information content (AvgIpc) is 3.50. The molecular formula is C26H20FN9. The zero-order chi connectivity index (χ0) is 24.2. The van der Waals surface area contributed by atoms with E-state index in [2.05, 4.69) is 35.0 Å². The lowest BCUT2D eigenvalue weighted by molar-refractivity contribution is 0.514. The summed E-state index contributed by atoms with van der Waals surface area (Å²) >= 11 is 0. The maximum atomic E-state index is 13.9. The zero-order valence-corrected chi connectivity index (χ0v) is 19.0. The van der Waals surface area contributed by atoms with Gasteiger partial charge in [-0.2, -0.15) is 5.10 Å². The molecule has 6 heterocycles. The molecule has 5 aromatic heterocycles. The number of hydrogen-bond donors (Lipinski definition) is 3. The van der Waals surface area contributed by atoms with Gasteiger partial charge in [-0.25, -0.2) is 14.4 Å². The summed E-state index contributed by atoms with van der Waals surface area (Å²) in [4.78, 5) is 23.8. The Morgan fingerprint density at radius 1 is 0.944 bits per heavy atom. The van der Waals surface area contributed by atoms with E-state index in [1.54, 1.807) is 30.9 Å². The Kier molecular flexibility index (Phi) is 4.55. The largest absolute Gasteiger partial charge is 0.353 e. The van der Waals surface area contributed by atoms with E-state index in [-0.39, 0.29) is 11.9 Å². The standard InChI is InChI=1S/C26H20FN9/c27-16-3-1-2-14(6-16)24-18-8-21(32-20(18)4-5-30-24)25-19-7-15(9-31-26(19)35-34-25)22-10-29-11-23(33-22)36-12-17(28)13-36/h1-11,17,32H,12-13,28H2,(H,31,34,35). The highest BCUT2D eigenvalue weighted by atomic mass is 19.1. The van der Waals surface area contributed by atoms with Crippen LogP contribution in [0.4, 0.5) is 10.2 Å². The van der Waals surface area contributed by atoms with Crippen molar-refractivity contribution in [3.63, 3.8) is 0 Å². The highest BCUT2D eigenvalue weighted by molar-refractivity contribution is 5.99. The lowest BCUT2D eigenvalue weighted by atomic mass is 10.1. The first kappa shape index (κ1) is 20.7. The van der Waals surface area contributed by atoms with Gasteiger partial charge in [0.05, 0.1) is 29.5 Å². The Hall–Kier alpha value is -4.70. The van der Waals surface area contributed by atoms with Crippen LogP contribution in [-0.2, 0) is 0 Å². The van der Waals surface area contributed by atoms with Gasteiger partial charge in [-0.05, 0) is 30.3 Å². The summed E-state index contributed by atoms with van der Waals surface area (Å²) in [7, 11) is 0. The molecule has 0 atom stereocenters. The number of nitrogens with zero attached hydrogens (tertiary/aromatic N) is 6. The van der Waals surface area contributed by atoms with Crippen molar-refractivity contribution < 1.29 is 4.39 Å². The molecule has 1 fully saturated rings. The van der Waals surface area contributed by atoms with Crippen molar-refractivity contribution in [1.29, 1.82) is 0 Å². The predicted molar refractivity (Wildman–Crippen MR) is 136 cm³/mol. The van der Waals surface area contributed by atoms with Gasteiger partial charge < -0.3 is 15.6 Å². The number of benzene rings is 1. The van der Waals surface area contributed by atoms with Crippen LogP contribution in [0.15, 0.2) is 67.3 Å². The third-order valence-electron chi connectivity index (χ3n) is 6.47. The van der Waals surface area contributed by atoms with Gasteiger partial charge in [0.2, 0.25) is 0 Å². The maximum Gasteiger partial charge on any atom is 0.155 e. The summed E-state index contributed by atoms with van der Waals surface area (Å²) in [5.74, 6) is 0.498. The molecule has 1 aliphatic rings. The normalized spacial score (nSPS) is 14.0. The van der Waals surface area contributed by atoms with Gasteiger partial charge >= 0.3 is 0 Å². The molecule has 10 heteroatoms. The second-order valence-corrected chi connectivity index (χ2v) is 8.93. The van der Waals surface area contributed by atoms with E-state index in [1.165, 1.54) is 12.1 Å². The Morgan fingerprint density at radius 2 is 1.86 bits per heavy atom. The van der Waals surface area contributed by atoms with Crippen LogP contribution < -0.4 is 10.6 Å². The molecule has 1 saturated heterocycles. The molecule has 0 amide bonds. The Balaban J connectivity index is 1.31. The van der Waals surface area contributed by atoms with Gasteiger partial charge in [0.15, 0.2) is 5.65 Å². The van der Waals surface area contributed by atoms with Crippen molar-refractivity contribution in [1.82, 2.24) is 35.1 Å². The number of halogens is 1. The number of nitrogens with one attached hydrogen (secondary N) is 2. The number of H-pyrrole nitrogens is 2. The fraction of sp³-hybridized carbons (Fsp3) is 0.115. The van der Waals surface area contributed by atoms with Crippen LogP contribution in [0, 0.1) is 5.82 Å². The summed E-state index contributed by atoms with van der Waals surface area (Å²) in [5, 5.41) is 9.27. The third kappa shape index (κ3) is 3.38. The summed E-state index contributed by atoms with van der Waals surface area (Å²) in [6.45, 7) is 1.54. The van der Waals surface area contributed by atoms with Crippen LogP contribution in [-0.4, -0.2) is 54.2 Å². The molecule has 0 aliphatic carbocycles. The Bertz CT molecular complexity index is 1750. The smallest absolute Gasteiger partial charge is 0.155 e. The number of hydrogen-bond acceptors (Lipinski definition) is 7. The van der Waals surface area contributed by atoms with Crippen LogP contribution in [0.1, 0.15) is 0 Å². The van der Waals surface area contributed by atoms with Crippen molar-refractivity contribution >= 4 is 27.8 Å². The molecule has 176 valence electrons. The minimum absolute atomic E-state index is 0.176. The fourth-order valence-corrected chi connectivity index (χ4v) is 4.64. The molecular weight excluding hydrogens is 457 g/mol. The first-order valence-corrected chi connectivity index (χ1v) is 11.5. The Labute approximate surface area is 204 Å². The van der Waals surface area contributed by atoms with E-state index in [0.717, 1.165) is 57.8 Å². The van der Waals surface area contributed by atoms with Crippen molar-refractivity contribution in [2.24, 2.45) is 5.73 Å². The van der Waals surface area contributed by atoms with E-state index in [0.29, 0.717) is 16.9 Å². The SMILES string of the molecule is NC1CN(c2cncc(-c3cnc4[nH]nc(-c5cc6c(-c7cccc(F)c7)nccc6[nH]5)c4c3)n2)C1. The van der Waals surface area contributed by atoms with Crippen LogP contribution in [0.25, 0.3) is 55.8 Å². The van der Waals surface area contributed by atoms with Gasteiger partial charge in [0.25, 0.3) is 0 Å². The van der Waals surface area contributed by atoms with Gasteiger partial charge in [0.1, 0.15) is 17.3 Å². The second kappa shape index (κ2) is 7.92. The van der Waals surface area contributed by atoms with Crippen LogP contribution in [0.2, 0.25) is 0 Å². The molecule has 0 spiro atoms. The van der Waals surface area contributed by atoms with Crippen LogP contribution in [0.3, 0.4) is 0 Å². The molecule has 1 aliphatic heterocycles. The van der Waals surface area contributed by atoms with Crippen molar-refractivity contribution in [3.8, 4) is 33.9 Å². The first-order valence-electron chi connectivity index (χ1n) is 11.5. The monoisotopic (exact) mass is 477 g/mol. The fourth-order valence-electron chi connectivity index (χ4n) is 4.64. The van der Waals surface area contributed by atoms with Gasteiger partial charge in [0, 0.05) is 58.9 Å². The summed E-state index contributed by atoms with van der Waals surface area (Å²) in [6.07, 6.45) is 6.95. The van der Waals surface area contributed by atoms with Gasteiger partial charge in [-0.15, -0.1) is 0 Å². The highest BCUT2D eigenvalue weighted by Gasteiger charge is 2.25. The van der Waals surface area contributed by atoms with Crippen molar-refractivity contribution in [2.75, 3.05) is 18.0 Å². The molecule has 7 rings (SSSR count). The molecule has 36 heavy (non-hydrogen) atoms. The molecule has 0 saturated carbocycles. The summed E-state index contributed by atoms with van der Waals surface area (Å²) < 4.78 is 13.9. The molecule has 6 aromatic rings. The second-order valence-electron chi connectivity index (χ2n) is 8.93.